The summed E-state index contributed by atoms with van der Waals surface area (Å²) in [5.41, 5.74) is 7.10. The summed E-state index contributed by atoms with van der Waals surface area (Å²) in [5.74, 6) is 0. The normalized spacial score (nSPS) is 18.9. The van der Waals surface area contributed by atoms with E-state index in [4.69, 9.17) is 8.76 Å². The Morgan fingerprint density at radius 2 is 1.77 bits per heavy atom. The van der Waals surface area contributed by atoms with Crippen LogP contribution in [-0.4, -0.2) is 58.3 Å². The first kappa shape index (κ1) is 23.2. The Morgan fingerprint density at radius 1 is 1.10 bits per heavy atom. The monoisotopic (exact) mass is 444 g/mol. The molecule has 0 amide bonds. The Labute approximate surface area is 186 Å². The summed E-state index contributed by atoms with van der Waals surface area (Å²) < 4.78 is 17.6. The second kappa shape index (κ2) is 10.7. The van der Waals surface area contributed by atoms with Gasteiger partial charge < -0.3 is 14.4 Å². The van der Waals surface area contributed by atoms with Crippen molar-refractivity contribution in [1.82, 2.24) is 9.80 Å². The highest BCUT2D eigenvalue weighted by atomic mass is 32.2. The van der Waals surface area contributed by atoms with Crippen LogP contribution in [0.3, 0.4) is 0 Å². The molecule has 2 aliphatic rings. The van der Waals surface area contributed by atoms with Crippen molar-refractivity contribution in [2.75, 3.05) is 39.8 Å². The summed E-state index contributed by atoms with van der Waals surface area (Å²) in [5, 5.41) is 4.03. The van der Waals surface area contributed by atoms with Gasteiger partial charge in [-0.15, -0.1) is 0 Å². The Hall–Kier alpha value is -1.48. The molecule has 0 spiro atoms. The maximum atomic E-state index is 8.78. The minimum absolute atomic E-state index is 1.12. The van der Waals surface area contributed by atoms with Crippen molar-refractivity contribution in [1.29, 1.82) is 0 Å². The van der Waals surface area contributed by atoms with Crippen molar-refractivity contribution in [3.63, 3.8) is 0 Å². The molecule has 2 aliphatic heterocycles. The van der Waals surface area contributed by atoms with Crippen molar-refractivity contribution in [2.24, 2.45) is 5.14 Å². The first-order valence-electron chi connectivity index (χ1n) is 10.2. The molecule has 1 saturated heterocycles. The van der Waals surface area contributed by atoms with E-state index in [9.17, 15) is 0 Å². The van der Waals surface area contributed by atoms with E-state index in [2.05, 4.69) is 78.3 Å². The van der Waals surface area contributed by atoms with Gasteiger partial charge in [-0.2, -0.15) is 0 Å². The predicted molar refractivity (Wildman–Crippen MR) is 125 cm³/mol. The van der Waals surface area contributed by atoms with Crippen LogP contribution in [0.2, 0.25) is 0 Å². The van der Waals surface area contributed by atoms with E-state index >= 15 is 0 Å². The fraction of sp³-hybridized carbons (Fsp3) is 0.391. The lowest BCUT2D eigenvalue weighted by atomic mass is 9.91. The number of aryl methyl sites for hydroxylation is 1. The Morgan fingerprint density at radius 3 is 2.47 bits per heavy atom. The van der Waals surface area contributed by atoms with E-state index in [1.807, 2.05) is 11.8 Å². The number of hydrogen-bond acceptors (Lipinski definition) is 5. The molecule has 7 heteroatoms. The first-order chi connectivity index (χ1) is 14.4. The van der Waals surface area contributed by atoms with Crippen LogP contribution in [0.1, 0.15) is 28.7 Å². The molecular weight excluding hydrogens is 414 g/mol. The molecule has 2 N–H and O–H groups in total. The Balaban J connectivity index is 0.000000589. The third kappa shape index (κ3) is 5.81. The predicted octanol–water partition coefficient (Wildman–Crippen LogP) is 3.58. The molecule has 2 aromatic carbocycles. The highest BCUT2D eigenvalue weighted by Crippen LogP contribution is 2.47. The minimum Gasteiger partial charge on any atom is -0.760 e. The summed E-state index contributed by atoms with van der Waals surface area (Å²) in [6, 6.07) is 13.4. The molecule has 162 valence electrons. The summed E-state index contributed by atoms with van der Waals surface area (Å²) in [7, 11) is 2.22. The van der Waals surface area contributed by atoms with Crippen molar-refractivity contribution >= 4 is 28.6 Å². The lowest BCUT2D eigenvalue weighted by Gasteiger charge is -2.32. The third-order valence-electron chi connectivity index (χ3n) is 5.75. The van der Waals surface area contributed by atoms with Gasteiger partial charge in [-0.25, -0.2) is 0 Å². The largest absolute Gasteiger partial charge is 0.760 e. The molecule has 0 bridgehead atoms. The summed E-state index contributed by atoms with van der Waals surface area (Å²) in [4.78, 5) is 7.81. The van der Waals surface area contributed by atoms with Gasteiger partial charge in [0.2, 0.25) is 0 Å². The summed E-state index contributed by atoms with van der Waals surface area (Å²) in [6.45, 7) is 10.4. The summed E-state index contributed by atoms with van der Waals surface area (Å²) >= 11 is -0.447. The van der Waals surface area contributed by atoms with Gasteiger partial charge in [-0.3, -0.25) is 9.35 Å². The van der Waals surface area contributed by atoms with Crippen molar-refractivity contribution in [3.05, 3.63) is 64.7 Å². The number of rotatable bonds is 3. The van der Waals surface area contributed by atoms with Crippen LogP contribution < -0.4 is 5.14 Å². The number of nitrogens with two attached hydrogens (primary N) is 1. The van der Waals surface area contributed by atoms with Gasteiger partial charge in [-0.1, -0.05) is 42.1 Å². The standard InChI is InChI=1S/C23H28N2S.H3NO2S/c1-17-10-11-22-23(18(17)2)20(19-7-4-5-9-21(19)26-22)8-6-12-25-15-13-24(3)14-16-25;1-4(2)3/h4-5,7-11H,6,12-16H2,1-3H3;1H2,(H,2,3)/p-1. The van der Waals surface area contributed by atoms with E-state index in [-0.39, 0.29) is 0 Å². The fourth-order valence-electron chi connectivity index (χ4n) is 3.92. The molecule has 1 atom stereocenters. The average Bonchev–Trinajstić information content (AvgIpc) is 2.71. The molecule has 30 heavy (non-hydrogen) atoms. The highest BCUT2D eigenvalue weighted by Gasteiger charge is 2.23. The van der Waals surface area contributed by atoms with Gasteiger partial charge in [0.05, 0.1) is 0 Å². The van der Waals surface area contributed by atoms with Gasteiger partial charge in [-0.05, 0) is 67.3 Å². The van der Waals surface area contributed by atoms with Crippen LogP contribution in [0.15, 0.2) is 52.3 Å². The smallest absolute Gasteiger partial charge is 0.0204 e. The second-order valence-electron chi connectivity index (χ2n) is 7.79. The maximum absolute atomic E-state index is 8.78. The van der Waals surface area contributed by atoms with Crippen LogP contribution >= 0.6 is 11.8 Å². The molecule has 0 aliphatic carbocycles. The molecule has 2 heterocycles. The molecule has 0 saturated carbocycles. The third-order valence-corrected chi connectivity index (χ3v) is 6.89. The molecular formula is C23H30N3O2S2-. The van der Waals surface area contributed by atoms with E-state index in [0.717, 1.165) is 13.0 Å². The minimum atomic E-state index is -2.36. The highest BCUT2D eigenvalue weighted by molar-refractivity contribution is 7.99. The van der Waals surface area contributed by atoms with E-state index in [1.165, 1.54) is 63.8 Å². The SMILES string of the molecule is Cc1ccc2c(c1C)C(=CCCN1CCN(C)CC1)c1ccccc1S2.NS(=O)[O-]. The molecule has 0 aromatic heterocycles. The number of nitrogens with zero attached hydrogens (tertiary/aromatic N) is 2. The zero-order chi connectivity index (χ0) is 21.7. The zero-order valence-corrected chi connectivity index (χ0v) is 19.5. The molecule has 0 radical (unpaired) electrons. The molecule has 5 nitrogen and oxygen atoms in total. The molecule has 4 rings (SSSR count). The lowest BCUT2D eigenvalue weighted by Crippen LogP contribution is -2.44. The first-order valence-corrected chi connectivity index (χ1v) is 12.1. The van der Waals surface area contributed by atoms with Gasteiger partial charge >= 0.3 is 0 Å². The Bertz CT molecular complexity index is 934. The van der Waals surface area contributed by atoms with Crippen LogP contribution in [0.5, 0.6) is 0 Å². The average molecular weight is 445 g/mol. The fourth-order valence-corrected chi connectivity index (χ4v) is 5.09. The molecule has 2 aromatic rings. The van der Waals surface area contributed by atoms with E-state index in [0.29, 0.717) is 0 Å². The van der Waals surface area contributed by atoms with Crippen molar-refractivity contribution < 1.29 is 8.76 Å². The topological polar surface area (TPSA) is 72.6 Å². The van der Waals surface area contributed by atoms with Gasteiger partial charge in [0.15, 0.2) is 0 Å². The maximum Gasteiger partial charge on any atom is 0.0204 e. The number of hydrogen-bond donors (Lipinski definition) is 1. The van der Waals surface area contributed by atoms with Crippen LogP contribution in [-0.2, 0) is 11.3 Å². The quantitative estimate of drug-likeness (QED) is 0.625. The Kier molecular flexibility index (Phi) is 8.27. The van der Waals surface area contributed by atoms with E-state index < -0.39 is 11.3 Å². The molecule has 1 fully saturated rings. The van der Waals surface area contributed by atoms with Crippen LogP contribution in [0.25, 0.3) is 5.57 Å². The summed E-state index contributed by atoms with van der Waals surface area (Å²) in [6.07, 6.45) is 3.60. The van der Waals surface area contributed by atoms with E-state index in [1.54, 1.807) is 0 Å². The van der Waals surface area contributed by atoms with Crippen LogP contribution in [0, 0.1) is 13.8 Å². The number of fused-ring (bicyclic) bond motifs is 2. The lowest BCUT2D eigenvalue weighted by molar-refractivity contribution is 0.156. The zero-order valence-electron chi connectivity index (χ0n) is 17.9. The second-order valence-corrected chi connectivity index (χ2v) is 9.40. The van der Waals surface area contributed by atoms with Crippen molar-refractivity contribution in [3.8, 4) is 0 Å². The van der Waals surface area contributed by atoms with Gasteiger partial charge in [0.1, 0.15) is 0 Å². The van der Waals surface area contributed by atoms with Crippen molar-refractivity contribution in [2.45, 2.75) is 30.1 Å². The van der Waals surface area contributed by atoms with Crippen LogP contribution in [0.4, 0.5) is 0 Å². The number of piperazine rings is 1. The van der Waals surface area contributed by atoms with Gasteiger partial charge in [0, 0.05) is 53.8 Å². The molecule has 1 unspecified atom stereocenters. The van der Waals surface area contributed by atoms with Gasteiger partial charge in [0.25, 0.3) is 0 Å². The number of likely N-dealkylation sites (N-methyl/N-ethyl adjacent to an activating group) is 1. The number of benzene rings is 2.